The number of hydrogen-bond donors (Lipinski definition) is 0. The Hall–Kier alpha value is -5.22. The van der Waals surface area contributed by atoms with Crippen LogP contribution in [0.2, 0.25) is 0 Å². The number of carbonyl (C=O) groups is 2. The van der Waals surface area contributed by atoms with Gasteiger partial charge in [0, 0.05) is 61.3 Å². The summed E-state index contributed by atoms with van der Waals surface area (Å²) in [4.78, 5) is 33.3. The lowest BCUT2D eigenvalue weighted by atomic mass is 9.96. The maximum absolute atomic E-state index is 13.9. The van der Waals surface area contributed by atoms with Crippen molar-refractivity contribution in [3.8, 4) is 22.3 Å². The summed E-state index contributed by atoms with van der Waals surface area (Å²) >= 11 is 0. The normalized spacial score (nSPS) is 13.7. The Bertz CT molecular complexity index is 2180. The molecule has 0 spiro atoms. The van der Waals surface area contributed by atoms with E-state index in [1.54, 1.807) is 67.8 Å². The topological polar surface area (TPSA) is 102 Å². The van der Waals surface area contributed by atoms with E-state index in [-0.39, 0.29) is 16.9 Å². The second-order valence-electron chi connectivity index (χ2n) is 13.5. The largest absolute Gasteiger partial charge is 0.443 e. The van der Waals surface area contributed by atoms with Crippen molar-refractivity contribution in [3.63, 3.8) is 0 Å². The van der Waals surface area contributed by atoms with Gasteiger partial charge in [-0.15, -0.1) is 0 Å². The van der Waals surface area contributed by atoms with E-state index in [1.165, 1.54) is 8.87 Å². The number of allylic oxidation sites excluding steroid dienone is 1. The fraction of sp³-hybridized carbons (Fsp3) is 0.256. The monoisotopic (exact) mass is 676 g/mol. The summed E-state index contributed by atoms with van der Waals surface area (Å²) in [5.74, 6) is -0.120. The van der Waals surface area contributed by atoms with Crippen LogP contribution in [0.4, 0.5) is 4.79 Å². The molecule has 3 aromatic carbocycles. The highest BCUT2D eigenvalue weighted by molar-refractivity contribution is 7.90. The zero-order valence-electron chi connectivity index (χ0n) is 28.6. The van der Waals surface area contributed by atoms with Gasteiger partial charge in [0.25, 0.3) is 15.9 Å². The van der Waals surface area contributed by atoms with E-state index in [2.05, 4.69) is 0 Å². The van der Waals surface area contributed by atoms with Gasteiger partial charge >= 0.3 is 6.09 Å². The summed E-state index contributed by atoms with van der Waals surface area (Å²) in [6, 6.07) is 23.9. The third-order valence-electron chi connectivity index (χ3n) is 8.41. The van der Waals surface area contributed by atoms with Gasteiger partial charge in [-0.1, -0.05) is 54.1 Å². The number of ether oxygens (including phenoxy) is 1. The molecule has 49 heavy (non-hydrogen) atoms. The lowest BCUT2D eigenvalue weighted by Gasteiger charge is -2.28. The summed E-state index contributed by atoms with van der Waals surface area (Å²) < 4.78 is 34.7. The molecule has 0 unspecified atom stereocenters. The Morgan fingerprint density at radius 3 is 2.12 bits per heavy atom. The lowest BCUT2D eigenvalue weighted by molar-refractivity contribution is 0.0329. The van der Waals surface area contributed by atoms with Gasteiger partial charge in [0.15, 0.2) is 5.65 Å². The van der Waals surface area contributed by atoms with E-state index in [1.807, 2.05) is 76.4 Å². The van der Waals surface area contributed by atoms with Crippen LogP contribution in [0.5, 0.6) is 0 Å². The van der Waals surface area contributed by atoms with E-state index in [9.17, 15) is 18.0 Å². The number of benzene rings is 3. The lowest BCUT2D eigenvalue weighted by Crippen LogP contribution is -2.35. The second kappa shape index (κ2) is 13.0. The van der Waals surface area contributed by atoms with E-state index in [0.29, 0.717) is 28.7 Å². The molecule has 0 radical (unpaired) electrons. The van der Waals surface area contributed by atoms with Crippen LogP contribution in [0.1, 0.15) is 55.1 Å². The highest BCUT2D eigenvalue weighted by atomic mass is 32.2. The number of amides is 2. The molecule has 5 aromatic rings. The molecule has 1 aliphatic heterocycles. The quantitative estimate of drug-likeness (QED) is 0.181. The van der Waals surface area contributed by atoms with Crippen LogP contribution in [0.3, 0.4) is 0 Å². The van der Waals surface area contributed by atoms with Crippen molar-refractivity contribution in [2.24, 2.45) is 0 Å². The maximum atomic E-state index is 13.9. The third kappa shape index (κ3) is 7.00. The van der Waals surface area contributed by atoms with Gasteiger partial charge in [0.05, 0.1) is 4.90 Å². The highest BCUT2D eigenvalue weighted by Crippen LogP contribution is 2.36. The number of carbonyl (C=O) groups excluding carboxylic acids is 2. The number of hydrogen-bond acceptors (Lipinski definition) is 6. The van der Waals surface area contributed by atoms with Gasteiger partial charge in [-0.2, -0.15) is 0 Å². The number of nitrogens with zero attached hydrogens (tertiary/aromatic N) is 4. The molecule has 2 amide bonds. The van der Waals surface area contributed by atoms with Gasteiger partial charge in [-0.25, -0.2) is 22.2 Å². The molecular formula is C39H40N4O5S. The Kier molecular flexibility index (Phi) is 8.94. The molecule has 0 atom stereocenters. The first kappa shape index (κ1) is 33.7. The minimum atomic E-state index is -3.97. The van der Waals surface area contributed by atoms with Crippen LogP contribution < -0.4 is 0 Å². The molecule has 252 valence electrons. The summed E-state index contributed by atoms with van der Waals surface area (Å²) in [5, 5.41) is 0.659. The summed E-state index contributed by atoms with van der Waals surface area (Å²) in [6.45, 7) is 8.09. The Morgan fingerprint density at radius 1 is 0.857 bits per heavy atom. The number of fused-ring (bicyclic) bond motifs is 1. The Morgan fingerprint density at radius 2 is 1.49 bits per heavy atom. The average molecular weight is 677 g/mol. The van der Waals surface area contributed by atoms with Crippen molar-refractivity contribution >= 4 is 38.6 Å². The van der Waals surface area contributed by atoms with E-state index in [0.717, 1.165) is 46.2 Å². The summed E-state index contributed by atoms with van der Waals surface area (Å²) in [6.07, 6.45) is 6.49. The highest BCUT2D eigenvalue weighted by Gasteiger charge is 2.25. The molecule has 0 saturated carbocycles. The molecule has 0 saturated heterocycles. The van der Waals surface area contributed by atoms with Crippen LogP contribution in [-0.4, -0.2) is 65.4 Å². The van der Waals surface area contributed by atoms with Crippen LogP contribution in [0, 0.1) is 6.92 Å². The molecule has 2 aromatic heterocycles. The Balaban J connectivity index is 1.39. The molecule has 0 bridgehead atoms. The van der Waals surface area contributed by atoms with Crippen molar-refractivity contribution in [1.29, 1.82) is 0 Å². The fourth-order valence-electron chi connectivity index (χ4n) is 5.84. The molecule has 1 aliphatic rings. The first-order chi connectivity index (χ1) is 23.2. The van der Waals surface area contributed by atoms with Crippen LogP contribution in [0.25, 0.3) is 38.9 Å². The number of aryl methyl sites for hydroxylation is 1. The van der Waals surface area contributed by atoms with E-state index < -0.39 is 15.6 Å². The number of pyridine rings is 1. The predicted molar refractivity (Wildman–Crippen MR) is 193 cm³/mol. The molecule has 0 fully saturated rings. The molecule has 0 aliphatic carbocycles. The SMILES string of the molecule is Cc1ccc(S(=O)(=O)n2cc(-c3ccc(C(=O)N(C)C)cc3)c3cc(-c4ccc(C5=CN(C(=O)OC(C)(C)C)CCC5)cc4)cnc32)cc1. The van der Waals surface area contributed by atoms with Gasteiger partial charge < -0.3 is 9.64 Å². The molecule has 10 heteroatoms. The molecule has 0 N–H and O–H groups in total. The van der Waals surface area contributed by atoms with Gasteiger partial charge in [-0.3, -0.25) is 9.69 Å². The van der Waals surface area contributed by atoms with Crippen molar-refractivity contribution in [2.45, 2.75) is 51.0 Å². The number of rotatable bonds is 6. The Labute approximate surface area is 287 Å². The molecule has 3 heterocycles. The zero-order chi connectivity index (χ0) is 35.1. The average Bonchev–Trinajstić information content (AvgIpc) is 3.47. The predicted octanol–water partition coefficient (Wildman–Crippen LogP) is 7.99. The maximum Gasteiger partial charge on any atom is 0.414 e. The molecular weight excluding hydrogens is 637 g/mol. The van der Waals surface area contributed by atoms with E-state index in [4.69, 9.17) is 9.72 Å². The molecule has 9 nitrogen and oxygen atoms in total. The minimum Gasteiger partial charge on any atom is -0.443 e. The minimum absolute atomic E-state index is 0.120. The van der Waals surface area contributed by atoms with E-state index >= 15 is 0 Å². The summed E-state index contributed by atoms with van der Waals surface area (Å²) in [5.41, 5.74) is 6.44. The van der Waals surface area contributed by atoms with Crippen molar-refractivity contribution in [3.05, 3.63) is 114 Å². The smallest absolute Gasteiger partial charge is 0.414 e. The zero-order valence-corrected chi connectivity index (χ0v) is 29.4. The second-order valence-corrected chi connectivity index (χ2v) is 15.4. The first-order valence-electron chi connectivity index (χ1n) is 16.2. The molecule has 6 rings (SSSR count). The standard InChI is InChI=1S/C39H40N4O5S/c1-26-9-19-33(20-10-26)49(46,47)43-25-35(29-15-17-30(18-16-29)37(44)41(5)6)34-22-32(23-40-36(34)43)28-13-11-27(12-14-28)31-8-7-21-42(24-31)38(45)48-39(2,3)4/h9-20,22-25H,7-8,21H2,1-6H3. The van der Waals surface area contributed by atoms with Gasteiger partial charge in [-0.05, 0) is 93.1 Å². The van der Waals surface area contributed by atoms with Crippen molar-refractivity contribution in [1.82, 2.24) is 18.8 Å². The fourth-order valence-corrected chi connectivity index (χ4v) is 7.17. The summed E-state index contributed by atoms with van der Waals surface area (Å²) in [7, 11) is -0.571. The van der Waals surface area contributed by atoms with Crippen molar-refractivity contribution in [2.75, 3.05) is 20.6 Å². The van der Waals surface area contributed by atoms with Crippen molar-refractivity contribution < 1.29 is 22.7 Å². The number of aromatic nitrogens is 2. The van der Waals surface area contributed by atoms with Gasteiger partial charge in [0.1, 0.15) is 5.60 Å². The van der Waals surface area contributed by atoms with Gasteiger partial charge in [0.2, 0.25) is 0 Å². The van der Waals surface area contributed by atoms with Crippen LogP contribution in [0.15, 0.2) is 102 Å². The first-order valence-corrected chi connectivity index (χ1v) is 17.6. The van der Waals surface area contributed by atoms with Crippen LogP contribution >= 0.6 is 0 Å². The third-order valence-corrected chi connectivity index (χ3v) is 10.1. The van der Waals surface area contributed by atoms with Crippen LogP contribution in [-0.2, 0) is 14.8 Å².